The molecule has 5 nitrogen and oxygen atoms in total. The van der Waals surface area contributed by atoms with Gasteiger partial charge in [0.15, 0.2) is 0 Å². The average Bonchev–Trinajstić information content (AvgIpc) is 3.17. The molecule has 5 heteroatoms. The van der Waals surface area contributed by atoms with E-state index in [1.54, 1.807) is 11.0 Å². The van der Waals surface area contributed by atoms with Crippen molar-refractivity contribution in [1.82, 2.24) is 9.47 Å². The summed E-state index contributed by atoms with van der Waals surface area (Å²) in [6.07, 6.45) is 3.79. The number of benzene rings is 2. The zero-order chi connectivity index (χ0) is 21.3. The number of nitrogens with zero attached hydrogens (tertiary/aromatic N) is 2. The van der Waals surface area contributed by atoms with E-state index in [1.165, 1.54) is 11.1 Å². The first kappa shape index (κ1) is 21.2. The molecule has 0 aliphatic carbocycles. The fourth-order valence-corrected chi connectivity index (χ4v) is 3.33. The summed E-state index contributed by atoms with van der Waals surface area (Å²) in [5, 5.41) is 2.98. The van der Waals surface area contributed by atoms with Crippen LogP contribution in [0, 0.1) is 6.92 Å². The second kappa shape index (κ2) is 10.3. The van der Waals surface area contributed by atoms with Crippen LogP contribution in [0.2, 0.25) is 0 Å². The number of aryl methyl sites for hydroxylation is 1. The van der Waals surface area contributed by atoms with Crippen LogP contribution in [-0.4, -0.2) is 28.6 Å². The normalized spacial score (nSPS) is 10.5. The monoisotopic (exact) mass is 403 g/mol. The SMILES string of the molecule is C=CCN(Cc1cccn1Cc1ccccc1C)C(=O)Nc1ccccc1OCC. The van der Waals surface area contributed by atoms with Crippen LogP contribution in [0.5, 0.6) is 5.75 Å². The number of aromatic nitrogens is 1. The van der Waals surface area contributed by atoms with E-state index in [9.17, 15) is 4.79 Å². The van der Waals surface area contributed by atoms with Crippen molar-refractivity contribution in [3.8, 4) is 5.75 Å². The van der Waals surface area contributed by atoms with Gasteiger partial charge in [0, 0.05) is 25.0 Å². The minimum absolute atomic E-state index is 0.189. The second-order valence-electron chi connectivity index (χ2n) is 7.08. The van der Waals surface area contributed by atoms with Crippen molar-refractivity contribution in [2.75, 3.05) is 18.5 Å². The number of rotatable bonds is 9. The van der Waals surface area contributed by atoms with Crippen molar-refractivity contribution in [1.29, 1.82) is 0 Å². The van der Waals surface area contributed by atoms with Gasteiger partial charge in [-0.3, -0.25) is 0 Å². The summed E-state index contributed by atoms with van der Waals surface area (Å²) in [5.41, 5.74) is 4.24. The first-order valence-electron chi connectivity index (χ1n) is 10.2. The second-order valence-corrected chi connectivity index (χ2v) is 7.08. The van der Waals surface area contributed by atoms with Crippen LogP contribution in [0.3, 0.4) is 0 Å². The molecule has 1 N–H and O–H groups in total. The van der Waals surface area contributed by atoms with E-state index in [-0.39, 0.29) is 6.03 Å². The molecule has 3 aromatic rings. The van der Waals surface area contributed by atoms with Crippen molar-refractivity contribution < 1.29 is 9.53 Å². The van der Waals surface area contributed by atoms with Gasteiger partial charge in [0.05, 0.1) is 18.8 Å². The number of amides is 2. The number of hydrogen-bond acceptors (Lipinski definition) is 2. The van der Waals surface area contributed by atoms with Gasteiger partial charge in [0.25, 0.3) is 0 Å². The number of nitrogens with one attached hydrogen (secondary N) is 1. The fraction of sp³-hybridized carbons (Fsp3) is 0.240. The highest BCUT2D eigenvalue weighted by Crippen LogP contribution is 2.24. The molecule has 0 radical (unpaired) electrons. The van der Waals surface area contributed by atoms with Gasteiger partial charge < -0.3 is 19.5 Å². The molecule has 0 aliphatic heterocycles. The zero-order valence-corrected chi connectivity index (χ0v) is 17.7. The third-order valence-electron chi connectivity index (χ3n) is 4.94. The highest BCUT2D eigenvalue weighted by Gasteiger charge is 2.16. The Morgan fingerprint density at radius 1 is 1.13 bits per heavy atom. The Hall–Kier alpha value is -3.47. The van der Waals surface area contributed by atoms with Gasteiger partial charge in [0.1, 0.15) is 5.75 Å². The highest BCUT2D eigenvalue weighted by atomic mass is 16.5. The summed E-state index contributed by atoms with van der Waals surface area (Å²) >= 11 is 0. The van der Waals surface area contributed by atoms with Gasteiger partial charge >= 0.3 is 6.03 Å². The van der Waals surface area contributed by atoms with E-state index >= 15 is 0 Å². The third kappa shape index (κ3) is 5.32. The molecule has 1 aromatic heterocycles. The molecule has 3 rings (SSSR count). The van der Waals surface area contributed by atoms with Crippen molar-refractivity contribution in [2.45, 2.75) is 26.9 Å². The Kier molecular flexibility index (Phi) is 7.33. The smallest absolute Gasteiger partial charge is 0.322 e. The maximum absolute atomic E-state index is 13.0. The minimum Gasteiger partial charge on any atom is -0.492 e. The Balaban J connectivity index is 1.75. The molecular formula is C25H29N3O2. The standard InChI is InChI=1S/C25H29N3O2/c1-4-16-28(25(29)26-23-14-8-9-15-24(23)30-5-2)19-22-13-10-17-27(22)18-21-12-7-6-11-20(21)3/h4,6-15,17H,1,5,16,18-19H2,2-3H3,(H,26,29). The topological polar surface area (TPSA) is 46.5 Å². The van der Waals surface area contributed by atoms with E-state index in [2.05, 4.69) is 53.8 Å². The maximum Gasteiger partial charge on any atom is 0.322 e. The largest absolute Gasteiger partial charge is 0.492 e. The van der Waals surface area contributed by atoms with Crippen LogP contribution in [0.4, 0.5) is 10.5 Å². The zero-order valence-electron chi connectivity index (χ0n) is 17.7. The lowest BCUT2D eigenvalue weighted by atomic mass is 10.1. The summed E-state index contributed by atoms with van der Waals surface area (Å²) in [6, 6.07) is 19.7. The number of hydrogen-bond donors (Lipinski definition) is 1. The van der Waals surface area contributed by atoms with Crippen LogP contribution in [0.1, 0.15) is 23.7 Å². The number of carbonyl (C=O) groups is 1. The van der Waals surface area contributed by atoms with Gasteiger partial charge in [-0.05, 0) is 49.2 Å². The first-order chi connectivity index (χ1) is 14.6. The van der Waals surface area contributed by atoms with E-state index in [0.717, 1.165) is 12.2 Å². The Morgan fingerprint density at radius 2 is 1.90 bits per heavy atom. The summed E-state index contributed by atoms with van der Waals surface area (Å²) < 4.78 is 7.80. The van der Waals surface area contributed by atoms with Crippen molar-refractivity contribution >= 4 is 11.7 Å². The summed E-state index contributed by atoms with van der Waals surface area (Å²) in [4.78, 5) is 14.7. The summed E-state index contributed by atoms with van der Waals surface area (Å²) in [7, 11) is 0. The predicted octanol–water partition coefficient (Wildman–Crippen LogP) is 5.46. The number of ether oxygens (including phenoxy) is 1. The molecule has 0 atom stereocenters. The van der Waals surface area contributed by atoms with Gasteiger partial charge in [-0.25, -0.2) is 4.79 Å². The average molecular weight is 404 g/mol. The number of urea groups is 1. The molecule has 0 spiro atoms. The summed E-state index contributed by atoms with van der Waals surface area (Å²) in [6.45, 7) is 10.1. The van der Waals surface area contributed by atoms with E-state index < -0.39 is 0 Å². The van der Waals surface area contributed by atoms with Crippen LogP contribution < -0.4 is 10.1 Å². The quantitative estimate of drug-likeness (QED) is 0.482. The molecule has 2 aromatic carbocycles. The summed E-state index contributed by atoms with van der Waals surface area (Å²) in [5.74, 6) is 0.662. The molecular weight excluding hydrogens is 374 g/mol. The van der Waals surface area contributed by atoms with Crippen molar-refractivity contribution in [3.05, 3.63) is 96.3 Å². The number of para-hydroxylation sites is 2. The molecule has 0 saturated heterocycles. The lowest BCUT2D eigenvalue weighted by Gasteiger charge is -2.23. The Bertz CT molecular complexity index is 993. The molecule has 2 amide bonds. The van der Waals surface area contributed by atoms with Crippen molar-refractivity contribution in [3.63, 3.8) is 0 Å². The fourth-order valence-electron chi connectivity index (χ4n) is 3.33. The first-order valence-corrected chi connectivity index (χ1v) is 10.2. The van der Waals surface area contributed by atoms with E-state index in [0.29, 0.717) is 31.1 Å². The van der Waals surface area contributed by atoms with Gasteiger partial charge in [-0.1, -0.05) is 42.5 Å². The maximum atomic E-state index is 13.0. The number of carbonyl (C=O) groups excluding carboxylic acids is 1. The van der Waals surface area contributed by atoms with E-state index in [4.69, 9.17) is 4.74 Å². The number of anilines is 1. The third-order valence-corrected chi connectivity index (χ3v) is 4.94. The minimum atomic E-state index is -0.189. The van der Waals surface area contributed by atoms with Crippen LogP contribution in [-0.2, 0) is 13.1 Å². The van der Waals surface area contributed by atoms with Gasteiger partial charge in [-0.15, -0.1) is 6.58 Å². The predicted molar refractivity (Wildman–Crippen MR) is 122 cm³/mol. The lowest BCUT2D eigenvalue weighted by Crippen LogP contribution is -2.35. The molecule has 0 bridgehead atoms. The van der Waals surface area contributed by atoms with E-state index in [1.807, 2.05) is 43.3 Å². The van der Waals surface area contributed by atoms with Gasteiger partial charge in [-0.2, -0.15) is 0 Å². The molecule has 0 aliphatic rings. The Morgan fingerprint density at radius 3 is 2.67 bits per heavy atom. The highest BCUT2D eigenvalue weighted by molar-refractivity contribution is 5.91. The molecule has 0 saturated carbocycles. The molecule has 0 fully saturated rings. The molecule has 1 heterocycles. The molecule has 30 heavy (non-hydrogen) atoms. The molecule has 156 valence electrons. The van der Waals surface area contributed by atoms with Crippen LogP contribution in [0.15, 0.2) is 79.5 Å². The van der Waals surface area contributed by atoms with Crippen LogP contribution in [0.25, 0.3) is 0 Å². The lowest BCUT2D eigenvalue weighted by molar-refractivity contribution is 0.213. The molecule has 0 unspecified atom stereocenters. The Labute approximate surface area is 178 Å². The van der Waals surface area contributed by atoms with Crippen LogP contribution >= 0.6 is 0 Å². The van der Waals surface area contributed by atoms with Gasteiger partial charge in [0.2, 0.25) is 0 Å². The van der Waals surface area contributed by atoms with Crippen molar-refractivity contribution in [2.24, 2.45) is 0 Å².